The quantitative estimate of drug-likeness (QED) is 0.121. The van der Waals surface area contributed by atoms with Crippen molar-refractivity contribution >= 4 is 44.4 Å². The van der Waals surface area contributed by atoms with Crippen molar-refractivity contribution in [1.82, 2.24) is 24.5 Å². The number of Topliss-reactive ketones (excluding diaryl/α,β-unsaturated/α-hetero) is 1. The number of piperidine rings is 1. The first-order valence-electron chi connectivity index (χ1n) is 22.0. The Bertz CT molecular complexity index is 2510. The zero-order chi connectivity index (χ0) is 44.7. The summed E-state index contributed by atoms with van der Waals surface area (Å²) in [6, 6.07) is 19.7. The molecule has 13 nitrogen and oxygen atoms in total. The van der Waals surface area contributed by atoms with Crippen LogP contribution in [0.1, 0.15) is 90.2 Å². The highest BCUT2D eigenvalue weighted by Gasteiger charge is 2.61. The van der Waals surface area contributed by atoms with Crippen LogP contribution in [0.3, 0.4) is 0 Å². The fourth-order valence-corrected chi connectivity index (χ4v) is 10.9. The Labute approximate surface area is 369 Å². The molecule has 1 N–H and O–H groups in total. The zero-order valence-corrected chi connectivity index (χ0v) is 37.3. The van der Waals surface area contributed by atoms with Gasteiger partial charge < -0.3 is 19.3 Å². The molecular weight excluding hydrogens is 819 g/mol. The predicted octanol–water partition coefficient (Wildman–Crippen LogP) is 7.22. The minimum atomic E-state index is -3.88. The van der Waals surface area contributed by atoms with Gasteiger partial charge in [0.25, 0.3) is 0 Å². The summed E-state index contributed by atoms with van der Waals surface area (Å²) >= 11 is 0. The number of hydrogen-bond acceptors (Lipinski definition) is 10. The summed E-state index contributed by atoms with van der Waals surface area (Å²) in [4.78, 5) is 71.0. The van der Waals surface area contributed by atoms with Crippen molar-refractivity contribution in [2.75, 3.05) is 20.2 Å². The number of ether oxygens (including phenoxy) is 2. The molecule has 4 heterocycles. The van der Waals surface area contributed by atoms with Crippen molar-refractivity contribution < 1.29 is 37.1 Å². The Morgan fingerprint density at radius 2 is 1.78 bits per heavy atom. The average molecular weight is 876 g/mol. The van der Waals surface area contributed by atoms with Gasteiger partial charge in [-0.05, 0) is 73.6 Å². The second kappa shape index (κ2) is 17.5. The number of hydrogen-bond donors (Lipinski definition) is 1. The van der Waals surface area contributed by atoms with Crippen LogP contribution < -0.4 is 14.2 Å². The number of carbonyl (C=O) groups excluding carboxylic acids is 4. The Morgan fingerprint density at radius 3 is 2.44 bits per heavy atom. The molecule has 0 radical (unpaired) electrons. The number of pyridine rings is 2. The van der Waals surface area contributed by atoms with Gasteiger partial charge in [0.15, 0.2) is 5.78 Å². The maximum Gasteiger partial charge on any atom is 0.240 e. The van der Waals surface area contributed by atoms with E-state index in [0.29, 0.717) is 47.5 Å². The fraction of sp³-hybridized carbons (Fsp3) is 0.469. The number of amides is 3. The summed E-state index contributed by atoms with van der Waals surface area (Å²) < 4.78 is 40.5. The van der Waals surface area contributed by atoms with Crippen LogP contribution in [-0.2, 0) is 29.2 Å². The molecule has 2 aliphatic carbocycles. The third kappa shape index (κ3) is 9.23. The van der Waals surface area contributed by atoms with Gasteiger partial charge in [-0.1, -0.05) is 63.2 Å². The summed E-state index contributed by atoms with van der Waals surface area (Å²) in [5.74, 6) is -1.68. The number of allylic oxidation sites excluding steroid dienone is 1. The number of nitrogens with zero attached hydrogens (tertiary/aromatic N) is 4. The van der Waals surface area contributed by atoms with E-state index in [1.165, 1.54) is 0 Å². The first-order chi connectivity index (χ1) is 30.1. The normalized spacial score (nSPS) is 24.1. The number of methoxy groups -OCH3 is 1. The van der Waals surface area contributed by atoms with E-state index in [2.05, 4.69) is 16.3 Å². The summed E-state index contributed by atoms with van der Waals surface area (Å²) in [5, 5.41) is 0.0932. The molecule has 3 amide bonds. The lowest BCUT2D eigenvalue weighted by Crippen LogP contribution is -2.49. The molecule has 2 aromatic carbocycles. The van der Waals surface area contributed by atoms with Crippen molar-refractivity contribution in [3.63, 3.8) is 0 Å². The van der Waals surface area contributed by atoms with Crippen LogP contribution in [0.4, 0.5) is 0 Å². The second-order valence-electron chi connectivity index (χ2n) is 18.8. The molecule has 2 aromatic heterocycles. The number of likely N-dealkylation sites (tertiary alicyclic amines) is 2. The largest absolute Gasteiger partial charge is 0.497 e. The minimum absolute atomic E-state index is 0.0405. The molecule has 63 heavy (non-hydrogen) atoms. The van der Waals surface area contributed by atoms with E-state index in [-0.39, 0.29) is 55.9 Å². The standard InChI is InChI=1S/C49H57N5O8S/c1-6-33-27-49(33,47(58)52-63(59,60)36-18-19-36)28-43(55)42-24-35(62-44-26-39(31-13-8-7-9-14-31)51-40-23-34(61-5)17-20-37(40)44)30-54(42)46(57)38(48(2,3)4)25-45(56)53-22-11-10-16-41(53)32-15-12-21-50-29-32/h6-9,12-15,17,20-21,23,26,29,33,35-36,38,41-42H,1,10-11,16,18-19,22,24-25,27-28,30H2,2-5H3,(H,52,58)/t33-,35-,38-,41+,42+,49-/m1/s1. The Hall–Kier alpha value is -5.63. The van der Waals surface area contributed by atoms with Crippen LogP contribution in [0.15, 0.2) is 91.8 Å². The van der Waals surface area contributed by atoms with Crippen molar-refractivity contribution in [2.24, 2.45) is 22.7 Å². The maximum atomic E-state index is 15.2. The Kier molecular flexibility index (Phi) is 12.2. The molecule has 2 saturated carbocycles. The molecule has 0 bridgehead atoms. The zero-order valence-electron chi connectivity index (χ0n) is 36.5. The third-order valence-corrected chi connectivity index (χ3v) is 15.3. The number of rotatable bonds is 15. The Balaban J connectivity index is 1.12. The van der Waals surface area contributed by atoms with Gasteiger partial charge in [0.05, 0.1) is 53.5 Å². The van der Waals surface area contributed by atoms with Crippen LogP contribution in [0, 0.1) is 22.7 Å². The molecule has 0 unspecified atom stereocenters. The van der Waals surface area contributed by atoms with Gasteiger partial charge in [0.1, 0.15) is 17.6 Å². The molecule has 4 aliphatic rings. The predicted molar refractivity (Wildman–Crippen MR) is 239 cm³/mol. The smallest absolute Gasteiger partial charge is 0.240 e. The van der Waals surface area contributed by atoms with Gasteiger partial charge in [-0.2, -0.15) is 0 Å². The number of fused-ring (bicyclic) bond motifs is 1. The average Bonchev–Trinajstić information content (AvgIpc) is 4.22. The van der Waals surface area contributed by atoms with Crippen molar-refractivity contribution in [2.45, 2.75) is 102 Å². The van der Waals surface area contributed by atoms with E-state index < -0.39 is 56.0 Å². The number of nitrogens with one attached hydrogen (secondary N) is 1. The highest BCUT2D eigenvalue weighted by atomic mass is 32.2. The molecule has 2 saturated heterocycles. The number of ketones is 1. The Morgan fingerprint density at radius 1 is 1.00 bits per heavy atom. The lowest BCUT2D eigenvalue weighted by atomic mass is 9.77. The summed E-state index contributed by atoms with van der Waals surface area (Å²) in [7, 11) is -2.30. The summed E-state index contributed by atoms with van der Waals surface area (Å²) in [6.45, 7) is 10.3. The maximum absolute atomic E-state index is 15.2. The first kappa shape index (κ1) is 44.0. The molecule has 2 aliphatic heterocycles. The SMILES string of the molecule is C=C[C@@H]1C[C@]1(CC(=O)[C@@H]1C[C@@H](Oc2cc(-c3ccccc3)nc3cc(OC)ccc23)CN1C(=O)[C@@H](CC(=O)N1CCCC[C@H]1c1cccnc1)C(C)(C)C)C(=O)NS(=O)(=O)C1CC1. The second-order valence-corrected chi connectivity index (χ2v) is 20.7. The molecule has 332 valence electrons. The lowest BCUT2D eigenvalue weighted by molar-refractivity contribution is -0.149. The van der Waals surface area contributed by atoms with E-state index in [0.717, 1.165) is 30.4 Å². The van der Waals surface area contributed by atoms with Crippen LogP contribution in [0.25, 0.3) is 22.2 Å². The van der Waals surface area contributed by atoms with Crippen LogP contribution in [0.5, 0.6) is 11.5 Å². The highest BCUT2D eigenvalue weighted by molar-refractivity contribution is 7.90. The number of sulfonamides is 1. The van der Waals surface area contributed by atoms with Crippen LogP contribution in [-0.4, -0.2) is 89.3 Å². The monoisotopic (exact) mass is 875 g/mol. The van der Waals surface area contributed by atoms with Gasteiger partial charge >= 0.3 is 0 Å². The summed E-state index contributed by atoms with van der Waals surface area (Å²) in [5.41, 5.74) is 1.12. The molecular formula is C49H57N5O8S. The van der Waals surface area contributed by atoms with E-state index in [9.17, 15) is 22.8 Å². The molecule has 4 aromatic rings. The highest BCUT2D eigenvalue weighted by Crippen LogP contribution is 2.57. The fourth-order valence-electron chi connectivity index (χ4n) is 9.48. The van der Waals surface area contributed by atoms with Crippen LogP contribution in [0.2, 0.25) is 0 Å². The number of carbonyl (C=O) groups is 4. The molecule has 0 spiro atoms. The van der Waals surface area contributed by atoms with Crippen molar-refractivity contribution in [1.29, 1.82) is 0 Å². The van der Waals surface area contributed by atoms with Gasteiger partial charge in [0.2, 0.25) is 27.7 Å². The molecule has 6 atom stereocenters. The van der Waals surface area contributed by atoms with Crippen molar-refractivity contribution in [3.8, 4) is 22.8 Å². The third-order valence-electron chi connectivity index (χ3n) is 13.4. The molecule has 8 rings (SSSR count). The van der Waals surface area contributed by atoms with Gasteiger partial charge in [-0.3, -0.25) is 28.9 Å². The van der Waals surface area contributed by atoms with E-state index in [1.807, 2.05) is 92.4 Å². The number of benzene rings is 2. The molecule has 14 heteroatoms. The lowest BCUT2D eigenvalue weighted by Gasteiger charge is -2.39. The molecule has 4 fully saturated rings. The topological polar surface area (TPSA) is 165 Å². The van der Waals surface area contributed by atoms with E-state index in [1.54, 1.807) is 30.5 Å². The van der Waals surface area contributed by atoms with E-state index in [4.69, 9.17) is 14.5 Å². The van der Waals surface area contributed by atoms with E-state index >= 15 is 4.79 Å². The van der Waals surface area contributed by atoms with Gasteiger partial charge in [-0.15, -0.1) is 6.58 Å². The minimum Gasteiger partial charge on any atom is -0.497 e. The first-order valence-corrected chi connectivity index (χ1v) is 23.6. The van der Waals surface area contributed by atoms with Crippen LogP contribution >= 0.6 is 0 Å². The van der Waals surface area contributed by atoms with Gasteiger partial charge in [0, 0.05) is 61.3 Å². The van der Waals surface area contributed by atoms with Crippen molar-refractivity contribution in [3.05, 3.63) is 97.3 Å². The van der Waals surface area contributed by atoms with Gasteiger partial charge in [-0.25, -0.2) is 13.4 Å². The summed E-state index contributed by atoms with van der Waals surface area (Å²) in [6.07, 6.45) is 8.02. The number of aromatic nitrogens is 2.